The van der Waals surface area contributed by atoms with Gasteiger partial charge in [-0.05, 0) is 49.8 Å². The molecule has 9 heteroatoms. The van der Waals surface area contributed by atoms with Crippen LogP contribution in [0.25, 0.3) is 11.0 Å². The van der Waals surface area contributed by atoms with Gasteiger partial charge in [0.2, 0.25) is 5.95 Å². The zero-order valence-corrected chi connectivity index (χ0v) is 16.1. The topological polar surface area (TPSA) is 110 Å². The third-order valence-corrected chi connectivity index (χ3v) is 5.64. The number of anilines is 1. The second-order valence-corrected chi connectivity index (χ2v) is 7.56. The van der Waals surface area contributed by atoms with Crippen LogP contribution in [0.1, 0.15) is 42.1 Å². The maximum Gasteiger partial charge on any atom is 0.270 e. The van der Waals surface area contributed by atoms with E-state index in [1.807, 2.05) is 4.57 Å². The first kappa shape index (κ1) is 20.0. The molecule has 1 aromatic heterocycles. The molecule has 3 aromatic rings. The lowest BCUT2D eigenvalue weighted by molar-refractivity contribution is -0.384. The quantitative estimate of drug-likeness (QED) is 0.485. The standard InChI is InChI=1S/C21H21FN4O4/c22-15-6-9-19-18(11-15)23-21(25(19)16-7-4-13(12-27)5-8-16)24-20(28)14-2-1-3-17(10-14)26(29)30/h1-3,6,9-11,13,16,27H,4-5,7-8,12H2,(H,23,24,28)/t13-,16+. The molecule has 2 aromatic carbocycles. The van der Waals surface area contributed by atoms with E-state index in [9.17, 15) is 24.4 Å². The Morgan fingerprint density at radius 3 is 2.70 bits per heavy atom. The average molecular weight is 412 g/mol. The molecule has 0 aliphatic heterocycles. The number of benzene rings is 2. The molecule has 0 saturated heterocycles. The minimum atomic E-state index is -0.561. The van der Waals surface area contributed by atoms with Crippen LogP contribution < -0.4 is 5.32 Å². The summed E-state index contributed by atoms with van der Waals surface area (Å²) in [6.45, 7) is 0.152. The van der Waals surface area contributed by atoms with E-state index < -0.39 is 16.6 Å². The molecule has 1 aliphatic carbocycles. The molecule has 8 nitrogen and oxygen atoms in total. The number of hydrogen-bond acceptors (Lipinski definition) is 5. The van der Waals surface area contributed by atoms with Crippen molar-refractivity contribution >= 4 is 28.6 Å². The van der Waals surface area contributed by atoms with Crippen LogP contribution in [0.15, 0.2) is 42.5 Å². The number of carbonyl (C=O) groups is 1. The maximum absolute atomic E-state index is 13.7. The molecule has 1 aliphatic rings. The Balaban J connectivity index is 1.68. The Kier molecular flexibility index (Phi) is 5.45. The molecular formula is C21H21FN4O4. The molecule has 2 N–H and O–H groups in total. The lowest BCUT2D eigenvalue weighted by Gasteiger charge is -2.29. The van der Waals surface area contributed by atoms with Gasteiger partial charge in [0.05, 0.1) is 16.0 Å². The molecule has 0 bridgehead atoms. The average Bonchev–Trinajstić information content (AvgIpc) is 3.10. The van der Waals surface area contributed by atoms with Crippen molar-refractivity contribution in [2.24, 2.45) is 5.92 Å². The van der Waals surface area contributed by atoms with Crippen LogP contribution in [0.3, 0.4) is 0 Å². The van der Waals surface area contributed by atoms with Crippen molar-refractivity contribution in [2.75, 3.05) is 11.9 Å². The number of hydrogen-bond donors (Lipinski definition) is 2. The largest absolute Gasteiger partial charge is 0.396 e. The van der Waals surface area contributed by atoms with Crippen LogP contribution >= 0.6 is 0 Å². The Morgan fingerprint density at radius 1 is 1.23 bits per heavy atom. The number of fused-ring (bicyclic) bond motifs is 1. The summed E-state index contributed by atoms with van der Waals surface area (Å²) in [5, 5.41) is 23.1. The molecule has 1 saturated carbocycles. The van der Waals surface area contributed by atoms with E-state index in [4.69, 9.17) is 0 Å². The van der Waals surface area contributed by atoms with Crippen molar-refractivity contribution in [2.45, 2.75) is 31.7 Å². The van der Waals surface area contributed by atoms with E-state index in [0.717, 1.165) is 25.7 Å². The van der Waals surface area contributed by atoms with Gasteiger partial charge in [0.15, 0.2) is 0 Å². The third kappa shape index (κ3) is 3.88. The SMILES string of the molecule is O=C(Nc1nc2cc(F)ccc2n1[C@H]1CC[C@@H](CO)CC1)c1cccc([N+](=O)[O-])c1. The fourth-order valence-electron chi connectivity index (χ4n) is 4.05. The normalized spacial score (nSPS) is 19.0. The summed E-state index contributed by atoms with van der Waals surface area (Å²) in [5.74, 6) is -0.414. The Labute approximate surface area is 171 Å². The lowest BCUT2D eigenvalue weighted by Crippen LogP contribution is -2.23. The monoisotopic (exact) mass is 412 g/mol. The number of amides is 1. The molecule has 156 valence electrons. The van der Waals surface area contributed by atoms with E-state index in [1.165, 1.54) is 36.4 Å². The minimum Gasteiger partial charge on any atom is -0.396 e. The van der Waals surface area contributed by atoms with Gasteiger partial charge in [-0.2, -0.15) is 0 Å². The zero-order chi connectivity index (χ0) is 21.3. The number of nitro benzene ring substituents is 1. The molecule has 1 amide bonds. The summed E-state index contributed by atoms with van der Waals surface area (Å²) in [6, 6.07) is 9.80. The van der Waals surface area contributed by atoms with Crippen LogP contribution in [-0.4, -0.2) is 32.1 Å². The highest BCUT2D eigenvalue weighted by Crippen LogP contribution is 2.36. The van der Waals surface area contributed by atoms with E-state index in [2.05, 4.69) is 10.3 Å². The number of nitro groups is 1. The van der Waals surface area contributed by atoms with Gasteiger partial charge in [-0.15, -0.1) is 0 Å². The molecule has 1 heterocycles. The molecule has 0 unspecified atom stereocenters. The highest BCUT2D eigenvalue weighted by molar-refractivity contribution is 6.04. The van der Waals surface area contributed by atoms with E-state index in [-0.39, 0.29) is 35.8 Å². The van der Waals surface area contributed by atoms with Crippen molar-refractivity contribution in [3.8, 4) is 0 Å². The van der Waals surface area contributed by atoms with Gasteiger partial charge in [0, 0.05) is 36.4 Å². The summed E-state index contributed by atoms with van der Waals surface area (Å²) in [5.41, 5.74) is 1.09. The molecule has 0 atom stereocenters. The number of aromatic nitrogens is 2. The van der Waals surface area contributed by atoms with Gasteiger partial charge in [-0.1, -0.05) is 6.07 Å². The van der Waals surface area contributed by atoms with E-state index in [0.29, 0.717) is 11.0 Å². The number of non-ortho nitro benzene ring substituents is 1. The summed E-state index contributed by atoms with van der Waals surface area (Å²) in [6.07, 6.45) is 3.29. The lowest BCUT2D eigenvalue weighted by atomic mass is 9.86. The van der Waals surface area contributed by atoms with Gasteiger partial charge in [0.25, 0.3) is 11.6 Å². The van der Waals surface area contributed by atoms with Crippen LogP contribution in [-0.2, 0) is 0 Å². The van der Waals surface area contributed by atoms with E-state index in [1.54, 1.807) is 6.07 Å². The third-order valence-electron chi connectivity index (χ3n) is 5.64. The smallest absolute Gasteiger partial charge is 0.270 e. The van der Waals surface area contributed by atoms with E-state index >= 15 is 0 Å². The number of nitrogens with one attached hydrogen (secondary N) is 1. The van der Waals surface area contributed by atoms with Crippen LogP contribution in [0.4, 0.5) is 16.0 Å². The number of rotatable bonds is 5. The highest BCUT2D eigenvalue weighted by Gasteiger charge is 2.26. The minimum absolute atomic E-state index is 0.0451. The predicted octanol–water partition coefficient (Wildman–Crippen LogP) is 4.06. The van der Waals surface area contributed by atoms with Crippen molar-refractivity contribution in [1.82, 2.24) is 9.55 Å². The van der Waals surface area contributed by atoms with Crippen LogP contribution in [0.2, 0.25) is 0 Å². The first-order valence-corrected chi connectivity index (χ1v) is 9.80. The summed E-state index contributed by atoms with van der Waals surface area (Å²) in [4.78, 5) is 27.6. The fraction of sp³-hybridized carbons (Fsp3) is 0.333. The number of imidazole rings is 1. The molecule has 0 radical (unpaired) electrons. The summed E-state index contributed by atoms with van der Waals surface area (Å²) >= 11 is 0. The first-order valence-electron chi connectivity index (χ1n) is 9.80. The number of carbonyl (C=O) groups excluding carboxylic acids is 1. The maximum atomic E-state index is 13.7. The first-order chi connectivity index (χ1) is 14.5. The van der Waals surface area contributed by atoms with Crippen molar-refractivity contribution < 1.29 is 19.2 Å². The molecular weight excluding hydrogens is 391 g/mol. The number of halogens is 1. The Bertz CT molecular complexity index is 1110. The molecule has 4 rings (SSSR count). The van der Waals surface area contributed by atoms with Gasteiger partial charge in [-0.3, -0.25) is 20.2 Å². The van der Waals surface area contributed by atoms with Crippen LogP contribution in [0.5, 0.6) is 0 Å². The van der Waals surface area contributed by atoms with Gasteiger partial charge in [0.1, 0.15) is 5.82 Å². The number of aliphatic hydroxyl groups is 1. The highest BCUT2D eigenvalue weighted by atomic mass is 19.1. The van der Waals surface area contributed by atoms with Crippen molar-refractivity contribution in [1.29, 1.82) is 0 Å². The Morgan fingerprint density at radius 2 is 2.00 bits per heavy atom. The predicted molar refractivity (Wildman–Crippen MR) is 109 cm³/mol. The second kappa shape index (κ2) is 8.19. The number of aliphatic hydroxyl groups excluding tert-OH is 1. The van der Waals surface area contributed by atoms with Gasteiger partial charge in [-0.25, -0.2) is 9.37 Å². The molecule has 30 heavy (non-hydrogen) atoms. The zero-order valence-electron chi connectivity index (χ0n) is 16.1. The van der Waals surface area contributed by atoms with Gasteiger partial charge >= 0.3 is 0 Å². The second-order valence-electron chi connectivity index (χ2n) is 7.56. The number of nitrogens with zero attached hydrogens (tertiary/aromatic N) is 3. The van der Waals surface area contributed by atoms with Crippen molar-refractivity contribution in [3.63, 3.8) is 0 Å². The summed E-state index contributed by atoms with van der Waals surface area (Å²) < 4.78 is 15.6. The molecule has 1 fully saturated rings. The Hall–Kier alpha value is -3.33. The van der Waals surface area contributed by atoms with Gasteiger partial charge < -0.3 is 9.67 Å². The fourth-order valence-corrected chi connectivity index (χ4v) is 4.05. The van der Waals surface area contributed by atoms with Crippen LogP contribution in [0, 0.1) is 21.8 Å². The molecule has 0 spiro atoms. The summed E-state index contributed by atoms with van der Waals surface area (Å²) in [7, 11) is 0. The van der Waals surface area contributed by atoms with Crippen molar-refractivity contribution in [3.05, 3.63) is 64.0 Å².